The number of benzene rings is 1. The molecule has 5 nitrogen and oxygen atoms in total. The van der Waals surface area contributed by atoms with Crippen LogP contribution in [0.3, 0.4) is 0 Å². The van der Waals surface area contributed by atoms with E-state index in [0.717, 1.165) is 10.2 Å². The molecule has 3 aromatic rings. The maximum atomic E-state index is 12.3. The highest BCUT2D eigenvalue weighted by Gasteiger charge is 2.20. The van der Waals surface area contributed by atoms with Gasteiger partial charge < -0.3 is 14.2 Å². The molecule has 1 aromatic carbocycles. The molecule has 0 fully saturated rings. The molecule has 0 saturated carbocycles. The lowest BCUT2D eigenvalue weighted by atomic mass is 10.2. The van der Waals surface area contributed by atoms with Gasteiger partial charge in [0.1, 0.15) is 5.76 Å². The minimum atomic E-state index is -0.352. The Hall–Kier alpha value is -2.34. The lowest BCUT2D eigenvalue weighted by Gasteiger charge is -2.03. The molecule has 1 amide bonds. The topological polar surface area (TPSA) is 68.3 Å². The van der Waals surface area contributed by atoms with Gasteiger partial charge in [0.25, 0.3) is 5.91 Å². The summed E-state index contributed by atoms with van der Waals surface area (Å²) in [6.45, 7) is 1.82. The molecule has 2 aromatic heterocycles. The number of anilines is 1. The van der Waals surface area contributed by atoms with Crippen LogP contribution in [0.4, 0.5) is 5.69 Å². The number of furan rings is 1. The fraction of sp³-hybridized carbons (Fsp3) is 0.0667. The molecular weight excluding hydrogens is 336 g/mol. The zero-order valence-electron chi connectivity index (χ0n) is 11.1. The van der Waals surface area contributed by atoms with Crippen molar-refractivity contribution in [1.82, 2.24) is 4.98 Å². The molecule has 1 N–H and O–H groups in total. The fourth-order valence-electron chi connectivity index (χ4n) is 1.86. The number of nitrogens with one attached hydrogen (secondary N) is 1. The van der Waals surface area contributed by atoms with Crippen molar-refractivity contribution in [1.29, 1.82) is 0 Å². The van der Waals surface area contributed by atoms with Gasteiger partial charge in [-0.25, -0.2) is 4.98 Å². The first-order valence-electron chi connectivity index (χ1n) is 6.21. The molecule has 0 saturated heterocycles. The van der Waals surface area contributed by atoms with Crippen LogP contribution in [0.25, 0.3) is 11.5 Å². The number of carbonyl (C=O) groups is 1. The van der Waals surface area contributed by atoms with Crippen molar-refractivity contribution < 1.29 is 13.6 Å². The summed E-state index contributed by atoms with van der Waals surface area (Å²) in [7, 11) is 0. The van der Waals surface area contributed by atoms with Gasteiger partial charge in [-0.2, -0.15) is 0 Å². The molecule has 0 bridgehead atoms. The van der Waals surface area contributed by atoms with E-state index in [0.29, 0.717) is 17.2 Å². The van der Waals surface area contributed by atoms with Crippen LogP contribution in [-0.2, 0) is 0 Å². The summed E-state index contributed by atoms with van der Waals surface area (Å²) in [6.07, 6.45) is 1.23. The molecule has 106 valence electrons. The molecule has 3 rings (SSSR count). The first-order valence-corrected chi connectivity index (χ1v) is 7.00. The number of oxazole rings is 1. The smallest absolute Gasteiger partial charge is 0.278 e. The predicted molar refractivity (Wildman–Crippen MR) is 81.0 cm³/mol. The van der Waals surface area contributed by atoms with Crippen molar-refractivity contribution >= 4 is 27.5 Å². The Morgan fingerprint density at radius 3 is 2.62 bits per heavy atom. The molecule has 0 aliphatic heterocycles. The second kappa shape index (κ2) is 5.57. The van der Waals surface area contributed by atoms with Gasteiger partial charge in [-0.05, 0) is 43.3 Å². The maximum Gasteiger partial charge on any atom is 0.278 e. The normalized spacial score (nSPS) is 10.6. The lowest BCUT2D eigenvalue weighted by molar-refractivity contribution is 0.102. The third kappa shape index (κ3) is 2.90. The van der Waals surface area contributed by atoms with Crippen LogP contribution in [-0.4, -0.2) is 10.9 Å². The number of aromatic nitrogens is 1. The Labute approximate surface area is 129 Å². The second-order valence-corrected chi connectivity index (χ2v) is 5.32. The van der Waals surface area contributed by atoms with Crippen LogP contribution in [0.2, 0.25) is 0 Å². The predicted octanol–water partition coefficient (Wildman–Crippen LogP) is 4.26. The molecule has 0 aliphatic carbocycles. The third-order valence-corrected chi connectivity index (χ3v) is 3.38. The molecule has 0 unspecified atom stereocenters. The largest absolute Gasteiger partial charge is 0.458 e. The number of nitrogens with zero attached hydrogens (tertiary/aromatic N) is 1. The Morgan fingerprint density at radius 2 is 1.95 bits per heavy atom. The van der Waals surface area contributed by atoms with Gasteiger partial charge in [-0.3, -0.25) is 4.79 Å². The molecule has 21 heavy (non-hydrogen) atoms. The second-order valence-electron chi connectivity index (χ2n) is 4.40. The highest BCUT2D eigenvalue weighted by atomic mass is 79.9. The molecule has 0 radical (unpaired) electrons. The van der Waals surface area contributed by atoms with Gasteiger partial charge in [-0.1, -0.05) is 15.9 Å². The van der Waals surface area contributed by atoms with Crippen molar-refractivity contribution in [2.75, 3.05) is 5.32 Å². The number of amides is 1. The van der Waals surface area contributed by atoms with Gasteiger partial charge in [0, 0.05) is 10.2 Å². The number of rotatable bonds is 3. The van der Waals surface area contributed by atoms with Gasteiger partial charge in [-0.15, -0.1) is 0 Å². The van der Waals surface area contributed by atoms with Crippen LogP contribution in [0, 0.1) is 6.92 Å². The number of hydrogen-bond donors (Lipinski definition) is 1. The van der Waals surface area contributed by atoms with Crippen molar-refractivity contribution in [3.8, 4) is 11.5 Å². The standard InChI is InChI=1S/C15H11BrN2O3/c1-9-2-7-12(21-9)14-13(17-8-20-14)15(19)18-11-5-3-10(16)4-6-11/h2-8H,1H3,(H,18,19). The Bertz CT molecular complexity index is 774. The van der Waals surface area contributed by atoms with Crippen LogP contribution in [0.5, 0.6) is 0 Å². The zero-order chi connectivity index (χ0) is 14.8. The summed E-state index contributed by atoms with van der Waals surface area (Å²) >= 11 is 3.34. The molecule has 0 spiro atoms. The fourth-order valence-corrected chi connectivity index (χ4v) is 2.13. The number of carbonyl (C=O) groups excluding carboxylic acids is 1. The van der Waals surface area contributed by atoms with Crippen molar-refractivity contribution in [3.05, 3.63) is 58.7 Å². The summed E-state index contributed by atoms with van der Waals surface area (Å²) in [5, 5.41) is 2.76. The maximum absolute atomic E-state index is 12.3. The molecule has 2 heterocycles. The van der Waals surface area contributed by atoms with E-state index in [4.69, 9.17) is 8.83 Å². The van der Waals surface area contributed by atoms with E-state index in [9.17, 15) is 4.79 Å². The van der Waals surface area contributed by atoms with E-state index >= 15 is 0 Å². The van der Waals surface area contributed by atoms with Crippen LogP contribution >= 0.6 is 15.9 Å². The van der Waals surface area contributed by atoms with Crippen molar-refractivity contribution in [2.24, 2.45) is 0 Å². The molecule has 0 aliphatic rings. The summed E-state index contributed by atoms with van der Waals surface area (Å²) in [4.78, 5) is 16.2. The quantitative estimate of drug-likeness (QED) is 0.769. The van der Waals surface area contributed by atoms with E-state index < -0.39 is 0 Å². The number of aryl methyl sites for hydroxylation is 1. The van der Waals surface area contributed by atoms with E-state index in [1.165, 1.54) is 6.39 Å². The summed E-state index contributed by atoms with van der Waals surface area (Å²) in [5.74, 6) is 1.18. The number of hydrogen-bond acceptors (Lipinski definition) is 4. The Balaban J connectivity index is 1.86. The molecule has 6 heteroatoms. The summed E-state index contributed by atoms with van der Waals surface area (Å²) in [5.41, 5.74) is 0.861. The molecule has 0 atom stereocenters. The highest BCUT2D eigenvalue weighted by molar-refractivity contribution is 9.10. The van der Waals surface area contributed by atoms with Gasteiger partial charge >= 0.3 is 0 Å². The van der Waals surface area contributed by atoms with Crippen molar-refractivity contribution in [2.45, 2.75) is 6.92 Å². The minimum Gasteiger partial charge on any atom is -0.458 e. The van der Waals surface area contributed by atoms with Gasteiger partial charge in [0.05, 0.1) is 0 Å². The average molecular weight is 347 g/mol. The highest BCUT2D eigenvalue weighted by Crippen LogP contribution is 2.26. The first kappa shape index (κ1) is 13.6. The van der Waals surface area contributed by atoms with Crippen molar-refractivity contribution in [3.63, 3.8) is 0 Å². The SMILES string of the molecule is Cc1ccc(-c2ocnc2C(=O)Nc2ccc(Br)cc2)o1. The first-order chi connectivity index (χ1) is 10.1. The Morgan fingerprint density at radius 1 is 1.19 bits per heavy atom. The van der Waals surface area contributed by atoms with Crippen LogP contribution < -0.4 is 5.32 Å². The van der Waals surface area contributed by atoms with E-state index in [2.05, 4.69) is 26.2 Å². The van der Waals surface area contributed by atoms with Gasteiger partial charge in [0.15, 0.2) is 17.8 Å². The van der Waals surface area contributed by atoms with Crippen LogP contribution in [0.15, 0.2) is 56.1 Å². The van der Waals surface area contributed by atoms with E-state index in [1.807, 2.05) is 19.1 Å². The lowest BCUT2D eigenvalue weighted by Crippen LogP contribution is -2.13. The average Bonchev–Trinajstić information content (AvgIpc) is 3.09. The van der Waals surface area contributed by atoms with Gasteiger partial charge in [0.2, 0.25) is 5.76 Å². The summed E-state index contributed by atoms with van der Waals surface area (Å²) < 4.78 is 11.7. The third-order valence-electron chi connectivity index (χ3n) is 2.85. The minimum absolute atomic E-state index is 0.187. The van der Waals surface area contributed by atoms with E-state index in [-0.39, 0.29) is 11.6 Å². The van der Waals surface area contributed by atoms with E-state index in [1.54, 1.807) is 24.3 Å². The molecular formula is C15H11BrN2O3. The zero-order valence-corrected chi connectivity index (χ0v) is 12.7. The monoisotopic (exact) mass is 346 g/mol. The van der Waals surface area contributed by atoms with Crippen LogP contribution in [0.1, 0.15) is 16.2 Å². The number of halogens is 1. The Kier molecular flexibility index (Phi) is 3.62. The summed E-state index contributed by atoms with van der Waals surface area (Å²) in [6, 6.07) is 10.8.